The van der Waals surface area contributed by atoms with Crippen LogP contribution in [0.15, 0.2) is 47.5 Å². The molecule has 1 fully saturated rings. The molecule has 4 heterocycles. The number of nitrogens with one attached hydrogen (secondary N) is 1. The highest BCUT2D eigenvalue weighted by atomic mass is 19.4. The van der Waals surface area contributed by atoms with Crippen molar-refractivity contribution in [3.63, 3.8) is 0 Å². The molecule has 3 aromatic heterocycles. The summed E-state index contributed by atoms with van der Waals surface area (Å²) in [4.78, 5) is 29.8. The van der Waals surface area contributed by atoms with Gasteiger partial charge in [-0.3, -0.25) is 9.78 Å². The Morgan fingerprint density at radius 2 is 2.00 bits per heavy atom. The number of aromatic nitrogens is 5. The molecule has 1 aromatic carbocycles. The van der Waals surface area contributed by atoms with Crippen molar-refractivity contribution in [3.8, 4) is 23.1 Å². The molecule has 1 atom stereocenters. The van der Waals surface area contributed by atoms with Gasteiger partial charge in [-0.1, -0.05) is 26.0 Å². The van der Waals surface area contributed by atoms with Crippen molar-refractivity contribution >= 4 is 16.7 Å². The predicted octanol–water partition coefficient (Wildman–Crippen LogP) is 4.38. The van der Waals surface area contributed by atoms with Gasteiger partial charge in [0.05, 0.1) is 41.0 Å². The van der Waals surface area contributed by atoms with Crippen LogP contribution in [0.5, 0.6) is 0 Å². The zero-order valence-corrected chi connectivity index (χ0v) is 22.2. The lowest BCUT2D eigenvalue weighted by Crippen LogP contribution is -2.51. The lowest BCUT2D eigenvalue weighted by molar-refractivity contribution is -0.138. The smallest absolute Gasteiger partial charge is 0.353 e. The number of nitriles is 1. The van der Waals surface area contributed by atoms with Crippen LogP contribution in [0.2, 0.25) is 0 Å². The molecule has 1 aliphatic heterocycles. The molecule has 4 aromatic rings. The second kappa shape index (κ2) is 10.7. The van der Waals surface area contributed by atoms with Crippen LogP contribution in [0.4, 0.5) is 19.0 Å². The van der Waals surface area contributed by atoms with E-state index in [1.54, 1.807) is 12.3 Å². The number of halogens is 3. The topological polar surface area (TPSA) is 113 Å². The van der Waals surface area contributed by atoms with E-state index in [4.69, 9.17) is 4.98 Å². The maximum atomic E-state index is 14.0. The first-order valence-electron chi connectivity index (χ1n) is 12.9. The van der Waals surface area contributed by atoms with Crippen molar-refractivity contribution in [3.05, 3.63) is 69.9 Å². The Hall–Kier alpha value is -4.37. The highest BCUT2D eigenvalue weighted by Crippen LogP contribution is 2.36. The Kier molecular flexibility index (Phi) is 7.25. The molecule has 1 N–H and O–H groups in total. The molecule has 40 heavy (non-hydrogen) atoms. The number of aryl methyl sites for hydroxylation is 1. The van der Waals surface area contributed by atoms with Crippen molar-refractivity contribution in [2.24, 2.45) is 0 Å². The third-order valence-electron chi connectivity index (χ3n) is 6.90. The standard InChI is InChI=1S/C28H27F3N8O/c1-16(2)23-19(7-5-11-34-23)25-36-24-20(26(37-25)38-13-12-33-18(15-38)9-10-32)14-35-39(27(24)40)21-8-4-6-17(3)22(21)28(29,30)31/h4-8,11,14,16,18,33H,9,12-13,15H2,1-3H3. The Morgan fingerprint density at radius 1 is 1.20 bits per heavy atom. The molecule has 0 spiro atoms. The fourth-order valence-electron chi connectivity index (χ4n) is 5.07. The van der Waals surface area contributed by atoms with Gasteiger partial charge in [0.15, 0.2) is 5.82 Å². The lowest BCUT2D eigenvalue weighted by atomic mass is 10.0. The number of alkyl halides is 3. The minimum absolute atomic E-state index is 0.0221. The van der Waals surface area contributed by atoms with E-state index >= 15 is 0 Å². The first-order valence-corrected chi connectivity index (χ1v) is 12.9. The molecule has 1 saturated heterocycles. The number of piperazine rings is 1. The van der Waals surface area contributed by atoms with Crippen LogP contribution in [0.3, 0.4) is 0 Å². The zero-order valence-electron chi connectivity index (χ0n) is 22.2. The second-order valence-corrected chi connectivity index (χ2v) is 10.0. The van der Waals surface area contributed by atoms with E-state index in [0.717, 1.165) is 10.4 Å². The summed E-state index contributed by atoms with van der Waals surface area (Å²) >= 11 is 0. The minimum atomic E-state index is -4.70. The van der Waals surface area contributed by atoms with Crippen LogP contribution in [-0.4, -0.2) is 50.4 Å². The number of hydrogen-bond donors (Lipinski definition) is 1. The normalized spacial score (nSPS) is 15.9. The van der Waals surface area contributed by atoms with Gasteiger partial charge < -0.3 is 10.2 Å². The third kappa shape index (κ3) is 5.00. The number of benzene rings is 1. The summed E-state index contributed by atoms with van der Waals surface area (Å²) in [5, 5.41) is 17.0. The molecule has 0 amide bonds. The third-order valence-corrected chi connectivity index (χ3v) is 6.90. The van der Waals surface area contributed by atoms with Gasteiger partial charge in [0.2, 0.25) is 0 Å². The summed E-state index contributed by atoms with van der Waals surface area (Å²) in [6, 6.07) is 9.63. The molecule has 206 valence electrons. The Labute approximate surface area is 228 Å². The first-order chi connectivity index (χ1) is 19.1. The van der Waals surface area contributed by atoms with Gasteiger partial charge in [-0.2, -0.15) is 28.2 Å². The molecule has 0 aliphatic carbocycles. The van der Waals surface area contributed by atoms with Crippen LogP contribution in [0.1, 0.15) is 43.0 Å². The van der Waals surface area contributed by atoms with E-state index < -0.39 is 17.3 Å². The molecule has 0 radical (unpaired) electrons. The molecular formula is C28H27F3N8O. The maximum Gasteiger partial charge on any atom is 0.418 e. The highest BCUT2D eigenvalue weighted by Gasteiger charge is 2.36. The molecular weight excluding hydrogens is 521 g/mol. The van der Waals surface area contributed by atoms with E-state index in [0.29, 0.717) is 36.4 Å². The zero-order chi connectivity index (χ0) is 28.6. The summed E-state index contributed by atoms with van der Waals surface area (Å²) < 4.78 is 42.9. The van der Waals surface area contributed by atoms with Crippen molar-refractivity contribution in [2.75, 3.05) is 24.5 Å². The van der Waals surface area contributed by atoms with Crippen LogP contribution >= 0.6 is 0 Å². The highest BCUT2D eigenvalue weighted by molar-refractivity contribution is 5.90. The summed E-state index contributed by atoms with van der Waals surface area (Å²) in [5.41, 5.74) is -0.836. The van der Waals surface area contributed by atoms with E-state index in [-0.39, 0.29) is 41.0 Å². The van der Waals surface area contributed by atoms with Gasteiger partial charge in [-0.25, -0.2) is 9.97 Å². The number of pyridine rings is 1. The first kappa shape index (κ1) is 27.2. The molecule has 0 bridgehead atoms. The number of anilines is 1. The largest absolute Gasteiger partial charge is 0.418 e. The molecule has 9 nitrogen and oxygen atoms in total. The summed E-state index contributed by atoms with van der Waals surface area (Å²) in [6.45, 7) is 6.86. The maximum absolute atomic E-state index is 14.0. The van der Waals surface area contributed by atoms with Gasteiger partial charge in [-0.05, 0) is 36.6 Å². The molecule has 1 aliphatic rings. The lowest BCUT2D eigenvalue weighted by Gasteiger charge is -2.34. The van der Waals surface area contributed by atoms with Crippen LogP contribution in [0.25, 0.3) is 28.0 Å². The van der Waals surface area contributed by atoms with Gasteiger partial charge in [0.25, 0.3) is 5.56 Å². The van der Waals surface area contributed by atoms with Gasteiger partial charge >= 0.3 is 6.18 Å². The average Bonchev–Trinajstić information content (AvgIpc) is 2.92. The van der Waals surface area contributed by atoms with Crippen molar-refractivity contribution in [1.29, 1.82) is 5.26 Å². The molecule has 1 unspecified atom stereocenters. The Balaban J connectivity index is 1.79. The van der Waals surface area contributed by atoms with E-state index in [1.165, 1.54) is 31.3 Å². The summed E-state index contributed by atoms with van der Waals surface area (Å²) in [7, 11) is 0. The quantitative estimate of drug-likeness (QED) is 0.391. The van der Waals surface area contributed by atoms with E-state index in [1.807, 2.05) is 24.8 Å². The van der Waals surface area contributed by atoms with Gasteiger partial charge in [0.1, 0.15) is 11.3 Å². The second-order valence-electron chi connectivity index (χ2n) is 10.0. The predicted molar refractivity (Wildman–Crippen MR) is 144 cm³/mol. The van der Waals surface area contributed by atoms with Crippen LogP contribution in [-0.2, 0) is 6.18 Å². The Morgan fingerprint density at radius 3 is 2.73 bits per heavy atom. The molecule has 5 rings (SSSR count). The Bertz CT molecular complexity index is 1680. The number of fused-ring (bicyclic) bond motifs is 1. The van der Waals surface area contributed by atoms with E-state index in [9.17, 15) is 23.2 Å². The van der Waals surface area contributed by atoms with Gasteiger partial charge in [-0.15, -0.1) is 0 Å². The molecule has 12 heteroatoms. The number of nitrogens with zero attached hydrogens (tertiary/aromatic N) is 7. The van der Waals surface area contributed by atoms with Crippen molar-refractivity contribution in [2.45, 2.75) is 45.3 Å². The van der Waals surface area contributed by atoms with Crippen molar-refractivity contribution < 1.29 is 13.2 Å². The SMILES string of the molecule is Cc1cccc(-n2ncc3c(N4CCNC(CC#N)C4)nc(-c4cccnc4C(C)C)nc3c2=O)c1C(F)(F)F. The summed E-state index contributed by atoms with van der Waals surface area (Å²) in [5.74, 6) is 0.693. The van der Waals surface area contributed by atoms with Gasteiger partial charge in [0, 0.05) is 37.4 Å². The summed E-state index contributed by atoms with van der Waals surface area (Å²) in [6.07, 6.45) is -1.41. The number of rotatable bonds is 5. The number of hydrogen-bond acceptors (Lipinski definition) is 8. The van der Waals surface area contributed by atoms with Crippen LogP contribution in [0, 0.1) is 18.3 Å². The average molecular weight is 549 g/mol. The van der Waals surface area contributed by atoms with Crippen LogP contribution < -0.4 is 15.8 Å². The van der Waals surface area contributed by atoms with Crippen molar-refractivity contribution in [1.82, 2.24) is 30.0 Å². The van der Waals surface area contributed by atoms with E-state index in [2.05, 4.69) is 26.5 Å². The monoisotopic (exact) mass is 548 g/mol. The fourth-order valence-corrected chi connectivity index (χ4v) is 5.07. The molecule has 0 saturated carbocycles. The minimum Gasteiger partial charge on any atom is -0.353 e. The fraction of sp³-hybridized carbons (Fsp3) is 0.357.